The molecule has 0 atom stereocenters. The predicted molar refractivity (Wildman–Crippen MR) is 74.1 cm³/mol. The van der Waals surface area contributed by atoms with Crippen LogP contribution in [0, 0.1) is 6.92 Å². The van der Waals surface area contributed by atoms with Gasteiger partial charge in [0.25, 0.3) is 0 Å². The number of rotatable bonds is 4. The minimum absolute atomic E-state index is 0.320. The van der Waals surface area contributed by atoms with Crippen LogP contribution in [0.4, 0.5) is 5.69 Å². The zero-order chi connectivity index (χ0) is 13.7. The number of esters is 1. The summed E-state index contributed by atoms with van der Waals surface area (Å²) in [6, 6.07) is 11.2. The molecule has 0 saturated carbocycles. The van der Waals surface area contributed by atoms with Crippen LogP contribution in [-0.4, -0.2) is 18.1 Å². The smallest absolute Gasteiger partial charge is 0.337 e. The Hall–Kier alpha value is -2.36. The van der Waals surface area contributed by atoms with Crippen molar-refractivity contribution in [1.82, 2.24) is 4.98 Å². The van der Waals surface area contributed by atoms with Gasteiger partial charge in [0.2, 0.25) is 0 Å². The van der Waals surface area contributed by atoms with Crippen LogP contribution < -0.4 is 5.32 Å². The van der Waals surface area contributed by atoms with Gasteiger partial charge in [0.15, 0.2) is 0 Å². The zero-order valence-corrected chi connectivity index (χ0v) is 11.0. The fourth-order valence-electron chi connectivity index (χ4n) is 1.80. The summed E-state index contributed by atoms with van der Waals surface area (Å²) in [5.74, 6) is -0.320. The summed E-state index contributed by atoms with van der Waals surface area (Å²) in [7, 11) is 1.38. The maximum atomic E-state index is 11.4. The molecule has 19 heavy (non-hydrogen) atoms. The highest BCUT2D eigenvalue weighted by Gasteiger charge is 2.07. The predicted octanol–water partition coefficient (Wildman–Crippen LogP) is 2.79. The fraction of sp³-hybridized carbons (Fsp3) is 0.200. The SMILES string of the molecule is COC(=O)c1ccc(NCc2ccccn2)c(C)c1. The monoisotopic (exact) mass is 256 g/mol. The Morgan fingerprint density at radius 2 is 2.16 bits per heavy atom. The molecule has 2 rings (SSSR count). The van der Waals surface area contributed by atoms with E-state index in [0.717, 1.165) is 16.9 Å². The highest BCUT2D eigenvalue weighted by atomic mass is 16.5. The second-order valence-corrected chi connectivity index (χ2v) is 4.20. The van der Waals surface area contributed by atoms with Crippen LogP contribution in [0.15, 0.2) is 42.6 Å². The topological polar surface area (TPSA) is 51.2 Å². The van der Waals surface area contributed by atoms with E-state index in [-0.39, 0.29) is 5.97 Å². The summed E-state index contributed by atoms with van der Waals surface area (Å²) in [5, 5.41) is 3.30. The molecule has 0 spiro atoms. The number of hydrogen-bond donors (Lipinski definition) is 1. The molecule has 4 heteroatoms. The first-order valence-corrected chi connectivity index (χ1v) is 6.03. The number of ether oxygens (including phenoxy) is 1. The van der Waals surface area contributed by atoms with Crippen LogP contribution in [-0.2, 0) is 11.3 Å². The average molecular weight is 256 g/mol. The molecule has 0 saturated heterocycles. The maximum Gasteiger partial charge on any atom is 0.337 e. The third-order valence-corrected chi connectivity index (χ3v) is 2.83. The first kappa shape index (κ1) is 13.1. The highest BCUT2D eigenvalue weighted by Crippen LogP contribution is 2.17. The normalized spacial score (nSPS) is 10.0. The number of pyridine rings is 1. The van der Waals surface area contributed by atoms with Crippen LogP contribution in [0.3, 0.4) is 0 Å². The summed E-state index contributed by atoms with van der Waals surface area (Å²) in [5.41, 5.74) is 3.51. The van der Waals surface area contributed by atoms with Gasteiger partial charge < -0.3 is 10.1 Å². The van der Waals surface area contributed by atoms with E-state index >= 15 is 0 Å². The second kappa shape index (κ2) is 6.00. The van der Waals surface area contributed by atoms with E-state index in [0.29, 0.717) is 12.1 Å². The Bertz CT molecular complexity index is 568. The first-order chi connectivity index (χ1) is 9.20. The third kappa shape index (κ3) is 3.31. The van der Waals surface area contributed by atoms with E-state index in [9.17, 15) is 4.79 Å². The largest absolute Gasteiger partial charge is 0.465 e. The molecule has 0 bridgehead atoms. The van der Waals surface area contributed by atoms with Crippen molar-refractivity contribution in [3.63, 3.8) is 0 Å². The Labute approximate surface area is 112 Å². The lowest BCUT2D eigenvalue weighted by Gasteiger charge is -2.10. The third-order valence-electron chi connectivity index (χ3n) is 2.83. The summed E-state index contributed by atoms with van der Waals surface area (Å²) >= 11 is 0. The molecule has 1 aromatic heterocycles. The standard InChI is InChI=1S/C15H16N2O2/c1-11-9-12(15(18)19-2)6-7-14(11)17-10-13-5-3-4-8-16-13/h3-9,17H,10H2,1-2H3. The van der Waals surface area contributed by atoms with Crippen molar-refractivity contribution in [1.29, 1.82) is 0 Å². The van der Waals surface area contributed by atoms with Gasteiger partial charge in [-0.3, -0.25) is 4.98 Å². The Kier molecular flexibility index (Phi) is 4.13. The van der Waals surface area contributed by atoms with Crippen molar-refractivity contribution >= 4 is 11.7 Å². The Balaban J connectivity index is 2.07. The van der Waals surface area contributed by atoms with Crippen molar-refractivity contribution in [2.24, 2.45) is 0 Å². The molecule has 0 radical (unpaired) electrons. The van der Waals surface area contributed by atoms with Crippen molar-refractivity contribution in [2.75, 3.05) is 12.4 Å². The lowest BCUT2D eigenvalue weighted by atomic mass is 10.1. The fourth-order valence-corrected chi connectivity index (χ4v) is 1.80. The number of nitrogens with zero attached hydrogens (tertiary/aromatic N) is 1. The quantitative estimate of drug-likeness (QED) is 0.855. The van der Waals surface area contributed by atoms with Crippen molar-refractivity contribution < 1.29 is 9.53 Å². The summed E-state index contributed by atoms with van der Waals surface area (Å²) in [6.45, 7) is 2.60. The Morgan fingerprint density at radius 1 is 1.32 bits per heavy atom. The number of methoxy groups -OCH3 is 1. The number of carbonyl (C=O) groups is 1. The number of nitrogens with one attached hydrogen (secondary N) is 1. The van der Waals surface area contributed by atoms with Crippen molar-refractivity contribution in [3.8, 4) is 0 Å². The van der Waals surface area contributed by atoms with E-state index in [2.05, 4.69) is 10.3 Å². The number of hydrogen-bond acceptors (Lipinski definition) is 4. The number of aromatic nitrogens is 1. The summed E-state index contributed by atoms with van der Waals surface area (Å²) in [6.07, 6.45) is 1.77. The molecule has 1 aromatic carbocycles. The van der Waals surface area contributed by atoms with E-state index in [1.54, 1.807) is 12.3 Å². The molecular weight excluding hydrogens is 240 g/mol. The minimum Gasteiger partial charge on any atom is -0.465 e. The van der Waals surface area contributed by atoms with Crippen molar-refractivity contribution in [2.45, 2.75) is 13.5 Å². The molecule has 0 aliphatic heterocycles. The van der Waals surface area contributed by atoms with E-state index < -0.39 is 0 Å². The van der Waals surface area contributed by atoms with Gasteiger partial charge in [0.05, 0.1) is 24.9 Å². The number of aryl methyl sites for hydroxylation is 1. The molecule has 4 nitrogen and oxygen atoms in total. The van der Waals surface area contributed by atoms with Crippen LogP contribution in [0.2, 0.25) is 0 Å². The zero-order valence-electron chi connectivity index (χ0n) is 11.0. The molecule has 0 aliphatic rings. The molecule has 0 unspecified atom stereocenters. The number of carbonyl (C=O) groups excluding carboxylic acids is 1. The van der Waals surface area contributed by atoms with Gasteiger partial charge in [-0.25, -0.2) is 4.79 Å². The van der Waals surface area contributed by atoms with Crippen LogP contribution in [0.25, 0.3) is 0 Å². The van der Waals surface area contributed by atoms with Gasteiger partial charge in [-0.2, -0.15) is 0 Å². The van der Waals surface area contributed by atoms with Crippen LogP contribution in [0.1, 0.15) is 21.6 Å². The van der Waals surface area contributed by atoms with Gasteiger partial charge >= 0.3 is 5.97 Å². The average Bonchev–Trinajstić information content (AvgIpc) is 2.46. The second-order valence-electron chi connectivity index (χ2n) is 4.20. The first-order valence-electron chi connectivity index (χ1n) is 6.03. The van der Waals surface area contributed by atoms with Gasteiger partial charge in [-0.1, -0.05) is 6.07 Å². The molecule has 2 aromatic rings. The Morgan fingerprint density at radius 3 is 2.79 bits per heavy atom. The lowest BCUT2D eigenvalue weighted by Crippen LogP contribution is -2.05. The van der Waals surface area contributed by atoms with Crippen molar-refractivity contribution in [3.05, 3.63) is 59.4 Å². The molecule has 0 amide bonds. The summed E-state index contributed by atoms with van der Waals surface area (Å²) in [4.78, 5) is 15.6. The van der Waals surface area contributed by atoms with Gasteiger partial charge in [-0.05, 0) is 42.8 Å². The van der Waals surface area contributed by atoms with Crippen LogP contribution >= 0.6 is 0 Å². The van der Waals surface area contributed by atoms with E-state index in [1.165, 1.54) is 7.11 Å². The molecule has 1 heterocycles. The highest BCUT2D eigenvalue weighted by molar-refractivity contribution is 5.90. The van der Waals surface area contributed by atoms with Gasteiger partial charge in [-0.15, -0.1) is 0 Å². The lowest BCUT2D eigenvalue weighted by molar-refractivity contribution is 0.0600. The number of anilines is 1. The molecule has 0 aliphatic carbocycles. The number of benzene rings is 1. The molecule has 0 fully saturated rings. The van der Waals surface area contributed by atoms with E-state index in [4.69, 9.17) is 4.74 Å². The van der Waals surface area contributed by atoms with E-state index in [1.807, 2.05) is 37.3 Å². The molecule has 98 valence electrons. The molecule has 1 N–H and O–H groups in total. The summed E-state index contributed by atoms with van der Waals surface area (Å²) < 4.78 is 4.69. The molecular formula is C15H16N2O2. The van der Waals surface area contributed by atoms with Gasteiger partial charge in [0.1, 0.15) is 0 Å². The van der Waals surface area contributed by atoms with Gasteiger partial charge in [0, 0.05) is 11.9 Å². The maximum absolute atomic E-state index is 11.4. The van der Waals surface area contributed by atoms with Crippen LogP contribution in [0.5, 0.6) is 0 Å². The minimum atomic E-state index is -0.320.